The zero-order valence-electron chi connectivity index (χ0n) is 15.2. The van der Waals surface area contributed by atoms with E-state index in [1.54, 1.807) is 0 Å². The fraction of sp³-hybridized carbons (Fsp3) is 0.550. The molecule has 2 aromatic rings. The Kier molecular flexibility index (Phi) is 5.33. The maximum Gasteiger partial charge on any atom is 0.315 e. The molecule has 1 aromatic carbocycles. The maximum atomic E-state index is 12.5. The Morgan fingerprint density at radius 3 is 2.52 bits per heavy atom. The summed E-state index contributed by atoms with van der Waals surface area (Å²) in [5.41, 5.74) is 1.93. The van der Waals surface area contributed by atoms with Gasteiger partial charge in [-0.15, -0.1) is 0 Å². The molecule has 1 aromatic heterocycles. The molecule has 1 aliphatic carbocycles. The van der Waals surface area contributed by atoms with Gasteiger partial charge in [-0.1, -0.05) is 32.0 Å². The third-order valence-electron chi connectivity index (χ3n) is 5.15. The summed E-state index contributed by atoms with van der Waals surface area (Å²) < 4.78 is 6.05. The quantitative estimate of drug-likeness (QED) is 0.783. The molecule has 1 aliphatic rings. The van der Waals surface area contributed by atoms with Crippen molar-refractivity contribution in [2.45, 2.75) is 64.6 Å². The molecule has 1 atom stereocenters. The first-order valence-corrected chi connectivity index (χ1v) is 9.18. The van der Waals surface area contributed by atoms with E-state index >= 15 is 0 Å². The molecule has 0 aliphatic heterocycles. The molecule has 2 amide bonds. The van der Waals surface area contributed by atoms with Crippen LogP contribution in [0, 0.1) is 12.8 Å². The van der Waals surface area contributed by atoms with Gasteiger partial charge in [-0.25, -0.2) is 4.79 Å². The average molecular weight is 344 g/mol. The van der Waals surface area contributed by atoms with Gasteiger partial charge in [0.1, 0.15) is 11.3 Å². The minimum absolute atomic E-state index is 0.132. The Morgan fingerprint density at radius 1 is 1.20 bits per heavy atom. The Balaban J connectivity index is 1.72. The number of aliphatic hydroxyl groups excluding tert-OH is 1. The van der Waals surface area contributed by atoms with Crippen LogP contribution in [-0.4, -0.2) is 23.3 Å². The molecule has 5 heteroatoms. The third-order valence-corrected chi connectivity index (χ3v) is 5.15. The van der Waals surface area contributed by atoms with Gasteiger partial charge in [0, 0.05) is 17.0 Å². The van der Waals surface area contributed by atoms with Crippen LogP contribution in [0.4, 0.5) is 4.79 Å². The van der Waals surface area contributed by atoms with E-state index in [9.17, 15) is 9.90 Å². The van der Waals surface area contributed by atoms with Crippen molar-refractivity contribution in [2.24, 2.45) is 5.92 Å². The van der Waals surface area contributed by atoms with E-state index in [1.807, 2.05) is 31.2 Å². The standard InChI is InChI=1S/C20H28N2O3/c1-12(2)18(19-13(3)16-6-4-5-7-17(16)25-19)22-20(24)21-14-8-10-15(23)11-9-14/h4-7,12,14-15,18,23H,8-11H2,1-3H3,(H2,21,22,24)/t14?,15?,18-/m1/s1. The van der Waals surface area contributed by atoms with Gasteiger partial charge in [0.15, 0.2) is 0 Å². The molecule has 1 fully saturated rings. The predicted octanol–water partition coefficient (Wildman–Crippen LogP) is 4.04. The van der Waals surface area contributed by atoms with Crippen molar-refractivity contribution < 1.29 is 14.3 Å². The predicted molar refractivity (Wildman–Crippen MR) is 98.5 cm³/mol. The molecular formula is C20H28N2O3. The maximum absolute atomic E-state index is 12.5. The van der Waals surface area contributed by atoms with E-state index in [2.05, 4.69) is 24.5 Å². The number of aliphatic hydroxyl groups is 1. The van der Waals surface area contributed by atoms with Crippen molar-refractivity contribution >= 4 is 17.0 Å². The highest BCUT2D eigenvalue weighted by Gasteiger charge is 2.27. The van der Waals surface area contributed by atoms with Crippen molar-refractivity contribution in [3.63, 3.8) is 0 Å². The van der Waals surface area contributed by atoms with Crippen LogP contribution in [0.15, 0.2) is 28.7 Å². The number of urea groups is 1. The molecule has 0 spiro atoms. The van der Waals surface area contributed by atoms with E-state index in [4.69, 9.17) is 4.42 Å². The molecule has 5 nitrogen and oxygen atoms in total. The molecule has 136 valence electrons. The number of fused-ring (bicyclic) bond motifs is 1. The number of nitrogens with one attached hydrogen (secondary N) is 2. The fourth-order valence-electron chi connectivity index (χ4n) is 3.61. The second-order valence-electron chi connectivity index (χ2n) is 7.43. The summed E-state index contributed by atoms with van der Waals surface area (Å²) in [5.74, 6) is 1.03. The van der Waals surface area contributed by atoms with Crippen molar-refractivity contribution in [1.29, 1.82) is 0 Å². The summed E-state index contributed by atoms with van der Waals surface area (Å²) in [5, 5.41) is 16.8. The molecule has 1 saturated carbocycles. The summed E-state index contributed by atoms with van der Waals surface area (Å²) in [7, 11) is 0. The zero-order valence-corrected chi connectivity index (χ0v) is 15.2. The second kappa shape index (κ2) is 7.48. The van der Waals surface area contributed by atoms with Gasteiger partial charge in [-0.2, -0.15) is 0 Å². The first-order valence-electron chi connectivity index (χ1n) is 9.18. The Hall–Kier alpha value is -2.01. The van der Waals surface area contributed by atoms with Crippen LogP contribution >= 0.6 is 0 Å². The minimum Gasteiger partial charge on any atom is -0.459 e. The van der Waals surface area contributed by atoms with Crippen LogP contribution in [0.2, 0.25) is 0 Å². The first-order chi connectivity index (χ1) is 12.0. The zero-order chi connectivity index (χ0) is 18.0. The molecule has 0 saturated heterocycles. The van der Waals surface area contributed by atoms with E-state index in [0.29, 0.717) is 0 Å². The number of rotatable bonds is 4. The minimum atomic E-state index is -0.220. The number of carbonyl (C=O) groups is 1. The van der Waals surface area contributed by atoms with Crippen LogP contribution < -0.4 is 10.6 Å². The average Bonchev–Trinajstić information content (AvgIpc) is 2.91. The van der Waals surface area contributed by atoms with Crippen LogP contribution in [-0.2, 0) is 0 Å². The number of amides is 2. The smallest absolute Gasteiger partial charge is 0.315 e. The third kappa shape index (κ3) is 3.98. The fourth-order valence-corrected chi connectivity index (χ4v) is 3.61. The topological polar surface area (TPSA) is 74.5 Å². The van der Waals surface area contributed by atoms with Gasteiger partial charge >= 0.3 is 6.03 Å². The molecule has 0 bridgehead atoms. The lowest BCUT2D eigenvalue weighted by atomic mass is 9.93. The summed E-state index contributed by atoms with van der Waals surface area (Å²) in [6, 6.07) is 7.74. The van der Waals surface area contributed by atoms with Crippen LogP contribution in [0.5, 0.6) is 0 Å². The normalized spacial score (nSPS) is 22.1. The second-order valence-corrected chi connectivity index (χ2v) is 7.43. The number of carbonyl (C=O) groups excluding carboxylic acids is 1. The number of benzene rings is 1. The van der Waals surface area contributed by atoms with E-state index in [-0.39, 0.29) is 30.1 Å². The summed E-state index contributed by atoms with van der Waals surface area (Å²) in [4.78, 5) is 12.5. The van der Waals surface area contributed by atoms with Crippen molar-refractivity contribution in [3.8, 4) is 0 Å². The summed E-state index contributed by atoms with van der Waals surface area (Å²) in [6.07, 6.45) is 2.93. The number of aryl methyl sites for hydroxylation is 1. The van der Waals surface area contributed by atoms with E-state index in [1.165, 1.54) is 0 Å². The molecule has 1 heterocycles. The lowest BCUT2D eigenvalue weighted by Gasteiger charge is -2.28. The number of hydrogen-bond acceptors (Lipinski definition) is 3. The molecule has 0 unspecified atom stereocenters. The lowest BCUT2D eigenvalue weighted by molar-refractivity contribution is 0.117. The molecule has 3 N–H and O–H groups in total. The monoisotopic (exact) mass is 344 g/mol. The summed E-state index contributed by atoms with van der Waals surface area (Å²) in [6.45, 7) is 6.20. The van der Waals surface area contributed by atoms with Crippen LogP contribution in [0.25, 0.3) is 11.0 Å². The Morgan fingerprint density at radius 2 is 1.88 bits per heavy atom. The van der Waals surface area contributed by atoms with Gasteiger partial charge < -0.3 is 20.2 Å². The molecule has 0 radical (unpaired) electrons. The van der Waals surface area contributed by atoms with Gasteiger partial charge in [-0.05, 0) is 44.6 Å². The lowest BCUT2D eigenvalue weighted by Crippen LogP contribution is -2.46. The first kappa shape index (κ1) is 17.8. The molecule has 3 rings (SSSR count). The summed E-state index contributed by atoms with van der Waals surface area (Å²) >= 11 is 0. The number of para-hydroxylation sites is 1. The number of hydrogen-bond donors (Lipinski definition) is 3. The van der Waals surface area contributed by atoms with Gasteiger partial charge in [0.05, 0.1) is 12.1 Å². The van der Waals surface area contributed by atoms with E-state index in [0.717, 1.165) is 48.0 Å². The molecule has 25 heavy (non-hydrogen) atoms. The molecular weight excluding hydrogens is 316 g/mol. The van der Waals surface area contributed by atoms with Gasteiger partial charge in [0.2, 0.25) is 0 Å². The van der Waals surface area contributed by atoms with Gasteiger partial charge in [0.25, 0.3) is 0 Å². The van der Waals surface area contributed by atoms with Crippen molar-refractivity contribution in [2.75, 3.05) is 0 Å². The van der Waals surface area contributed by atoms with Gasteiger partial charge in [-0.3, -0.25) is 0 Å². The largest absolute Gasteiger partial charge is 0.459 e. The van der Waals surface area contributed by atoms with Crippen LogP contribution in [0.1, 0.15) is 56.9 Å². The Labute approximate surface area is 148 Å². The van der Waals surface area contributed by atoms with Crippen molar-refractivity contribution in [3.05, 3.63) is 35.6 Å². The highest BCUT2D eigenvalue weighted by atomic mass is 16.3. The highest BCUT2D eigenvalue weighted by molar-refractivity contribution is 5.82. The highest BCUT2D eigenvalue weighted by Crippen LogP contribution is 2.32. The number of furan rings is 1. The Bertz CT molecular complexity index is 730. The van der Waals surface area contributed by atoms with Crippen LogP contribution in [0.3, 0.4) is 0 Å². The SMILES string of the molecule is Cc1c([C@H](NC(=O)NC2CCC(O)CC2)C(C)C)oc2ccccc12. The van der Waals surface area contributed by atoms with E-state index < -0.39 is 0 Å². The van der Waals surface area contributed by atoms with Crippen molar-refractivity contribution in [1.82, 2.24) is 10.6 Å².